The zero-order valence-electron chi connectivity index (χ0n) is 52.0. The third kappa shape index (κ3) is 15.2. The Kier molecular flexibility index (Phi) is 21.2. The van der Waals surface area contributed by atoms with Crippen LogP contribution in [0.1, 0.15) is 171 Å². The van der Waals surface area contributed by atoms with Crippen LogP contribution in [-0.2, 0) is 35.3 Å². The number of aromatic nitrogens is 7. The van der Waals surface area contributed by atoms with Gasteiger partial charge in [0, 0.05) is 70.4 Å². The van der Waals surface area contributed by atoms with Crippen molar-refractivity contribution in [1.29, 1.82) is 0 Å². The van der Waals surface area contributed by atoms with Crippen molar-refractivity contribution >= 4 is 121 Å². The van der Waals surface area contributed by atoms with Crippen molar-refractivity contribution in [3.8, 4) is 43.4 Å². The van der Waals surface area contributed by atoms with Crippen LogP contribution >= 0.6 is 68.0 Å². The lowest BCUT2D eigenvalue weighted by atomic mass is 9.85. The van der Waals surface area contributed by atoms with Crippen molar-refractivity contribution < 1.29 is 58.0 Å². The van der Waals surface area contributed by atoms with Crippen LogP contribution in [0.4, 0.5) is 10.6 Å². The van der Waals surface area contributed by atoms with Gasteiger partial charge >= 0.3 is 18.0 Å². The highest BCUT2D eigenvalue weighted by Crippen LogP contribution is 2.42. The van der Waals surface area contributed by atoms with Gasteiger partial charge in [0.15, 0.2) is 5.78 Å². The molecule has 0 radical (unpaired) electrons. The highest BCUT2D eigenvalue weighted by atomic mass is 32.1. The first-order chi connectivity index (χ1) is 45.2. The molecule has 94 heavy (non-hydrogen) atoms. The number of nitrogens with one attached hydrogen (secondary N) is 4. The first-order valence-corrected chi connectivity index (χ1v) is 35.8. The minimum atomic E-state index is -0.980. The Balaban J connectivity index is 0.977. The minimum absolute atomic E-state index is 0.0267. The largest absolute Gasteiger partial charge is 0.481 e. The number of ketones is 1. The molecule has 24 nitrogen and oxygen atoms in total. The van der Waals surface area contributed by atoms with Gasteiger partial charge in [-0.2, -0.15) is 0 Å². The molecule has 30 heteroatoms. The molecular weight excluding hydrogens is 1320 g/mol. The number of carbonyl (C=O) groups excluding carboxylic acids is 6. The molecule has 6 N–H and O–H groups in total. The van der Waals surface area contributed by atoms with E-state index in [4.69, 9.17) is 44.4 Å². The van der Waals surface area contributed by atoms with E-state index in [9.17, 15) is 48.6 Å². The molecule has 8 aromatic rings. The average Bonchev–Trinajstić information content (AvgIpc) is 1.73. The van der Waals surface area contributed by atoms with E-state index < -0.39 is 90.2 Å². The topological polar surface area (TPSA) is 337 Å². The summed E-state index contributed by atoms with van der Waals surface area (Å²) in [6.07, 6.45) is 1.53. The number of pyridine rings is 1. The van der Waals surface area contributed by atoms with Gasteiger partial charge in [-0.15, -0.1) is 68.0 Å². The predicted molar refractivity (Wildman–Crippen MR) is 358 cm³/mol. The number of fused-ring (bicyclic) bond motifs is 14. The van der Waals surface area contributed by atoms with Gasteiger partial charge < -0.3 is 41.0 Å². The van der Waals surface area contributed by atoms with Gasteiger partial charge in [0.1, 0.15) is 71.1 Å². The monoisotopic (exact) mass is 1390 g/mol. The van der Waals surface area contributed by atoms with Gasteiger partial charge in [0.05, 0.1) is 59.1 Å². The molecule has 7 aromatic heterocycles. The first kappa shape index (κ1) is 67.3. The number of rotatable bonds is 13. The number of Topliss-reactive ketones (excluding diaryl/α,β-unsaturated/α-hetero) is 1. The van der Waals surface area contributed by atoms with Crippen LogP contribution in [-0.4, -0.2) is 125 Å². The molecule has 1 unspecified atom stereocenters. The van der Waals surface area contributed by atoms with Crippen LogP contribution in [0.3, 0.4) is 0 Å². The quantitative estimate of drug-likeness (QED) is 0.0624. The number of carboxylic acids is 2. The van der Waals surface area contributed by atoms with E-state index in [2.05, 4.69) is 21.3 Å². The first-order valence-electron chi connectivity index (χ1n) is 30.7. The Morgan fingerprint density at radius 2 is 1.33 bits per heavy atom. The molecule has 492 valence electrons. The number of nitrogens with zero attached hydrogens (tertiary/aromatic N) is 8. The van der Waals surface area contributed by atoms with Crippen LogP contribution in [0, 0.1) is 24.7 Å². The summed E-state index contributed by atoms with van der Waals surface area (Å²) < 4.78 is 11.6. The van der Waals surface area contributed by atoms with E-state index in [0.29, 0.717) is 120 Å². The number of ether oxygens (including phenoxy) is 2. The predicted octanol–water partition coefficient (Wildman–Crippen LogP) is 11.5. The smallest absolute Gasteiger partial charge is 0.416 e. The van der Waals surface area contributed by atoms with Crippen molar-refractivity contribution in [1.82, 2.24) is 56.2 Å². The van der Waals surface area contributed by atoms with Crippen molar-refractivity contribution in [2.75, 3.05) is 25.6 Å². The highest BCUT2D eigenvalue weighted by molar-refractivity contribution is 7.15. The standard InChI is InChI=1S/C64H68N12O12S6/c1-30(2)39-22-45(77)51-32(4)93-60(74-51)41(23-48(78)65-5)68-54(80)43-27-89-56(70-43)38-20-21-40(58-72-47(29-92-58)76(36-16-12-34(13-17-36)62(82)83)64(86)88-37-18-14-35(15-19-37)63(84)85)67-52(38)42-26-90-59(69-42)44-28-91-61(71-44)50(31(3)33-10-8-7-9-11-33)73-49(79)24-66-55(81)53-46(25-87-6)94-57(39)75-53/h7-11,20-21,26-31,34-37,39,41,50H,12-19,22-25H2,1-6H3,(H,65,78)(H,66,81)(H,68,80)(H,73,79)(H,82,83)(H,84,85)/t31-,34?,35?,36?,37?,39?,41-,50-/m0/s1. The lowest BCUT2D eigenvalue weighted by Crippen LogP contribution is -2.45. The van der Waals surface area contributed by atoms with E-state index in [1.165, 1.54) is 87.1 Å². The summed E-state index contributed by atoms with van der Waals surface area (Å²) in [4.78, 5) is 146. The number of hydrogen-bond acceptors (Lipinski definition) is 23. The van der Waals surface area contributed by atoms with E-state index in [1.807, 2.05) is 61.9 Å². The number of hydrogen-bond donors (Lipinski definition) is 6. The van der Waals surface area contributed by atoms with Crippen molar-refractivity contribution in [2.45, 2.75) is 135 Å². The highest BCUT2D eigenvalue weighted by Gasteiger charge is 2.38. The van der Waals surface area contributed by atoms with Crippen LogP contribution in [0.5, 0.6) is 0 Å². The minimum Gasteiger partial charge on any atom is -0.481 e. The summed E-state index contributed by atoms with van der Waals surface area (Å²) in [5.41, 5.74) is 3.39. The van der Waals surface area contributed by atoms with Gasteiger partial charge in [0.2, 0.25) is 11.8 Å². The number of thiazole rings is 6. The Labute approximate surface area is 564 Å². The molecule has 4 atom stereocenters. The lowest BCUT2D eigenvalue weighted by molar-refractivity contribution is -0.144. The third-order valence-corrected chi connectivity index (χ3v) is 22.9. The molecule has 11 rings (SSSR count). The molecule has 2 fully saturated rings. The fraction of sp³-hybridized carbons (Fsp3) is 0.422. The van der Waals surface area contributed by atoms with E-state index in [0.717, 1.165) is 5.56 Å². The summed E-state index contributed by atoms with van der Waals surface area (Å²) >= 11 is 7.49. The van der Waals surface area contributed by atoms with Crippen LogP contribution in [0.15, 0.2) is 64.0 Å². The Morgan fingerprint density at radius 1 is 0.670 bits per heavy atom. The number of carboxylic acid groups (broad SMARTS) is 2. The SMILES string of the molecule is CNC(=O)C[C@@H]1NC(=O)c2csc(n2)-c2ccc(-c3nc(N(C(=O)OC4CCC(C(=O)O)CC4)C4CCC(C(=O)O)CC4)cs3)nc2-c2csc(n2)-c2csc(n2)[C@H]([C@@H](C)c2ccccc2)NC(=O)CNC(=O)c2nc(sc2COC)C(C(C)C)CC(=O)c2nc1sc2C. The zero-order chi connectivity index (χ0) is 66.5. The maximum absolute atomic E-state index is 14.5. The van der Waals surface area contributed by atoms with Gasteiger partial charge in [0.25, 0.3) is 11.8 Å². The van der Waals surface area contributed by atoms with Crippen molar-refractivity contribution in [3.63, 3.8) is 0 Å². The molecule has 2 aliphatic carbocycles. The maximum Gasteiger partial charge on any atom is 0.416 e. The summed E-state index contributed by atoms with van der Waals surface area (Å²) in [5.74, 6) is -5.86. The van der Waals surface area contributed by atoms with Crippen LogP contribution < -0.4 is 26.2 Å². The second kappa shape index (κ2) is 29.7. The number of anilines is 1. The van der Waals surface area contributed by atoms with Gasteiger partial charge in [-0.1, -0.05) is 51.1 Å². The number of amides is 5. The summed E-state index contributed by atoms with van der Waals surface area (Å²) in [6, 6.07) is 11.1. The van der Waals surface area contributed by atoms with E-state index in [-0.39, 0.29) is 60.0 Å². The molecule has 3 aliphatic rings. The fourth-order valence-electron chi connectivity index (χ4n) is 11.8. The number of benzene rings is 1. The molecule has 0 spiro atoms. The average molecular weight is 1390 g/mol. The molecule has 1 aromatic carbocycles. The molecule has 5 amide bonds. The molecule has 2 saturated carbocycles. The second-order valence-electron chi connectivity index (χ2n) is 23.7. The fourth-order valence-corrected chi connectivity index (χ4v) is 17.5. The summed E-state index contributed by atoms with van der Waals surface area (Å²) in [7, 11) is 2.98. The number of aliphatic carboxylic acids is 2. The summed E-state index contributed by atoms with van der Waals surface area (Å²) in [5, 5.41) is 40.8. The molecular formula is C64H68N12O12S6. The van der Waals surface area contributed by atoms with Crippen molar-refractivity contribution in [2.24, 2.45) is 17.8 Å². The Hall–Kier alpha value is -8.13. The number of methoxy groups -OCH3 is 1. The molecule has 8 heterocycles. The molecule has 10 bridgehead atoms. The van der Waals surface area contributed by atoms with Gasteiger partial charge in [-0.05, 0) is 81.9 Å². The van der Waals surface area contributed by atoms with E-state index >= 15 is 0 Å². The zero-order valence-corrected chi connectivity index (χ0v) is 56.9. The number of aryl methyl sites for hydroxylation is 1. The lowest BCUT2D eigenvalue weighted by Gasteiger charge is -2.35. The van der Waals surface area contributed by atoms with Gasteiger partial charge in [-0.3, -0.25) is 38.5 Å². The van der Waals surface area contributed by atoms with Crippen LogP contribution in [0.2, 0.25) is 0 Å². The Morgan fingerprint density at radius 3 is 2.03 bits per heavy atom. The normalized spacial score (nSPS) is 20.9. The molecule has 1 aliphatic heterocycles. The van der Waals surface area contributed by atoms with Crippen molar-refractivity contribution in [3.05, 3.63) is 111 Å². The van der Waals surface area contributed by atoms with Crippen LogP contribution in [0.25, 0.3) is 43.4 Å². The molecule has 0 saturated heterocycles. The van der Waals surface area contributed by atoms with Gasteiger partial charge in [-0.25, -0.2) is 39.7 Å². The summed E-state index contributed by atoms with van der Waals surface area (Å²) in [6.45, 7) is 7.29. The maximum atomic E-state index is 14.5. The van der Waals surface area contributed by atoms with E-state index in [1.54, 1.807) is 29.8 Å². The second-order valence-corrected chi connectivity index (χ2v) is 29.5. The Bertz CT molecular complexity index is 4120. The third-order valence-electron chi connectivity index (χ3n) is 17.1. The number of carbonyl (C=O) groups is 8.